The molecule has 0 aliphatic heterocycles. The van der Waals surface area contributed by atoms with Crippen LogP contribution in [0.4, 0.5) is 0 Å². The molecular weight excluding hydrogens is 424 g/mol. The van der Waals surface area contributed by atoms with Crippen molar-refractivity contribution in [2.75, 3.05) is 0 Å². The first-order valence-corrected chi connectivity index (χ1v) is 13.9. The maximum Gasteiger partial charge on any atom is 0.303 e. The van der Waals surface area contributed by atoms with Crippen LogP contribution >= 0.6 is 0 Å². The molecule has 34 heavy (non-hydrogen) atoms. The lowest BCUT2D eigenvalue weighted by molar-refractivity contribution is -0.145. The molecule has 0 saturated heterocycles. The number of allylic oxidation sites excluding steroid dienone is 1. The molecule has 4 aliphatic carbocycles. The number of hydrogen-bond acceptors (Lipinski definition) is 3. The monoisotopic (exact) mass is 472 g/mol. The smallest absolute Gasteiger partial charge is 0.303 e. The van der Waals surface area contributed by atoms with E-state index in [1.807, 2.05) is 0 Å². The third-order valence-corrected chi connectivity index (χ3v) is 11.8. The third-order valence-electron chi connectivity index (χ3n) is 11.8. The molecule has 4 heteroatoms. The van der Waals surface area contributed by atoms with Crippen molar-refractivity contribution in [1.82, 2.24) is 0 Å². The van der Waals surface area contributed by atoms with Crippen molar-refractivity contribution >= 4 is 11.8 Å². The normalized spacial score (nSPS) is 46.1. The molecule has 0 amide bonds. The van der Waals surface area contributed by atoms with Crippen LogP contribution < -0.4 is 0 Å². The van der Waals surface area contributed by atoms with Crippen LogP contribution in [-0.2, 0) is 9.59 Å². The Balaban J connectivity index is 1.60. The van der Waals surface area contributed by atoms with E-state index in [4.69, 9.17) is 0 Å². The molecule has 0 aromatic carbocycles. The van der Waals surface area contributed by atoms with Crippen molar-refractivity contribution in [3.63, 3.8) is 0 Å². The number of ketones is 1. The largest absolute Gasteiger partial charge is 0.481 e. The van der Waals surface area contributed by atoms with Gasteiger partial charge in [0, 0.05) is 11.3 Å². The number of carbonyl (C=O) groups is 2. The fourth-order valence-electron chi connectivity index (χ4n) is 9.09. The van der Waals surface area contributed by atoms with Gasteiger partial charge in [-0.15, -0.1) is 0 Å². The summed E-state index contributed by atoms with van der Waals surface area (Å²) in [5.74, 6) is 2.40. The SMILES string of the molecule is CC(C)[C@@H](C)[C@@]1(C)C[C@@H]1[C@@H](C)[C@H]1CC[C@@H]([C@@H]2CC=C3C[C@@H](O)CC[C@]3(C)C2=O)[C@]1(C)CC(=O)O. The second-order valence-electron chi connectivity index (χ2n) is 13.7. The Morgan fingerprint density at radius 3 is 2.38 bits per heavy atom. The van der Waals surface area contributed by atoms with Crippen LogP contribution in [-0.4, -0.2) is 28.1 Å². The van der Waals surface area contributed by atoms with Gasteiger partial charge < -0.3 is 10.2 Å². The van der Waals surface area contributed by atoms with Crippen LogP contribution in [0.15, 0.2) is 11.6 Å². The molecular formula is C30H48O4. The number of hydrogen-bond donors (Lipinski definition) is 2. The molecule has 4 rings (SSSR count). The Bertz CT molecular complexity index is 860. The van der Waals surface area contributed by atoms with Gasteiger partial charge in [0.1, 0.15) is 5.78 Å². The summed E-state index contributed by atoms with van der Waals surface area (Å²) >= 11 is 0. The lowest BCUT2D eigenvalue weighted by Gasteiger charge is -2.47. The fraction of sp³-hybridized carbons (Fsp3) is 0.867. The topological polar surface area (TPSA) is 74.6 Å². The van der Waals surface area contributed by atoms with Crippen molar-refractivity contribution in [1.29, 1.82) is 0 Å². The Morgan fingerprint density at radius 1 is 1.09 bits per heavy atom. The first-order chi connectivity index (χ1) is 15.8. The van der Waals surface area contributed by atoms with Crippen molar-refractivity contribution in [3.8, 4) is 0 Å². The van der Waals surface area contributed by atoms with E-state index in [0.717, 1.165) is 18.4 Å². The van der Waals surface area contributed by atoms with Crippen LogP contribution in [0, 0.1) is 57.7 Å². The summed E-state index contributed by atoms with van der Waals surface area (Å²) in [5, 5.41) is 20.1. The standard InChI is InChI=1S/C30H48O4/c1-17(2)19(4)29(6)15-25(29)18(3)23-10-11-24(30(23,7)16-26(32)33)22-9-8-20-14-21(31)12-13-28(20,5)27(22)34/h8,17-19,21-25,31H,9-16H2,1-7H3,(H,32,33)/t18-,19+,21-,22-,23+,24-,25+,28-,29+,30+/m0/s1. The highest BCUT2D eigenvalue weighted by Crippen LogP contribution is 2.68. The second kappa shape index (κ2) is 8.75. The van der Waals surface area contributed by atoms with E-state index in [9.17, 15) is 19.8 Å². The van der Waals surface area contributed by atoms with Crippen LogP contribution in [0.3, 0.4) is 0 Å². The van der Waals surface area contributed by atoms with Gasteiger partial charge in [0.15, 0.2) is 0 Å². The second-order valence-corrected chi connectivity index (χ2v) is 13.7. The highest BCUT2D eigenvalue weighted by Gasteiger charge is 2.62. The van der Waals surface area contributed by atoms with Crippen LogP contribution in [0.5, 0.6) is 0 Å². The van der Waals surface area contributed by atoms with Crippen LogP contribution in [0.1, 0.15) is 99.8 Å². The lowest BCUT2D eigenvalue weighted by Crippen LogP contribution is -2.48. The van der Waals surface area contributed by atoms with Gasteiger partial charge in [-0.2, -0.15) is 0 Å². The van der Waals surface area contributed by atoms with Gasteiger partial charge in [-0.3, -0.25) is 9.59 Å². The molecule has 4 nitrogen and oxygen atoms in total. The molecule has 0 aromatic rings. The van der Waals surface area contributed by atoms with E-state index >= 15 is 0 Å². The van der Waals surface area contributed by atoms with Gasteiger partial charge >= 0.3 is 5.97 Å². The van der Waals surface area contributed by atoms with Crippen LogP contribution in [0.25, 0.3) is 0 Å². The summed E-state index contributed by atoms with van der Waals surface area (Å²) in [6.07, 6.45) is 8.01. The molecule has 0 bridgehead atoms. The molecule has 3 fully saturated rings. The number of aliphatic hydroxyl groups excluding tert-OH is 1. The van der Waals surface area contributed by atoms with Gasteiger partial charge in [-0.05, 0) is 98.2 Å². The summed E-state index contributed by atoms with van der Waals surface area (Å²) in [6.45, 7) is 16.1. The molecule has 3 saturated carbocycles. The van der Waals surface area contributed by atoms with E-state index in [-0.39, 0.29) is 29.8 Å². The number of rotatable bonds is 7. The number of aliphatic carboxylic acids is 1. The Hall–Kier alpha value is -1.16. The average Bonchev–Trinajstić information content (AvgIpc) is 3.34. The van der Waals surface area contributed by atoms with Gasteiger partial charge in [0.05, 0.1) is 12.5 Å². The summed E-state index contributed by atoms with van der Waals surface area (Å²) in [6, 6.07) is 0. The van der Waals surface area contributed by atoms with Gasteiger partial charge in [0.25, 0.3) is 0 Å². The van der Waals surface area contributed by atoms with Crippen molar-refractivity contribution in [2.45, 2.75) is 106 Å². The zero-order valence-corrected chi connectivity index (χ0v) is 22.6. The van der Waals surface area contributed by atoms with Gasteiger partial charge in [-0.1, -0.05) is 53.2 Å². The fourth-order valence-corrected chi connectivity index (χ4v) is 9.09. The maximum atomic E-state index is 14.0. The minimum atomic E-state index is -0.729. The van der Waals surface area contributed by atoms with E-state index in [1.54, 1.807) is 0 Å². The predicted octanol–water partition coefficient (Wildman–Crippen LogP) is 6.51. The summed E-state index contributed by atoms with van der Waals surface area (Å²) < 4.78 is 0. The lowest BCUT2D eigenvalue weighted by atomic mass is 9.55. The Labute approximate surface area is 207 Å². The molecule has 2 N–H and O–H groups in total. The van der Waals surface area contributed by atoms with E-state index < -0.39 is 11.4 Å². The number of carbonyl (C=O) groups excluding carboxylic acids is 1. The van der Waals surface area contributed by atoms with E-state index in [1.165, 1.54) is 6.42 Å². The maximum absolute atomic E-state index is 14.0. The van der Waals surface area contributed by atoms with Gasteiger partial charge in [0.2, 0.25) is 0 Å². The molecule has 0 radical (unpaired) electrons. The van der Waals surface area contributed by atoms with Crippen LogP contribution in [0.2, 0.25) is 0 Å². The zero-order valence-electron chi connectivity index (χ0n) is 22.6. The third kappa shape index (κ3) is 4.00. The highest BCUT2D eigenvalue weighted by atomic mass is 16.4. The first kappa shape index (κ1) is 25.9. The molecule has 0 spiro atoms. The summed E-state index contributed by atoms with van der Waals surface area (Å²) in [4.78, 5) is 26.1. The number of aliphatic hydroxyl groups is 1. The summed E-state index contributed by atoms with van der Waals surface area (Å²) in [5.41, 5.74) is 0.639. The first-order valence-electron chi connectivity index (χ1n) is 13.9. The Kier molecular flexibility index (Phi) is 6.67. The van der Waals surface area contributed by atoms with E-state index in [2.05, 4.69) is 54.5 Å². The molecule has 0 aromatic heterocycles. The zero-order chi connectivity index (χ0) is 25.2. The van der Waals surface area contributed by atoms with Crippen molar-refractivity contribution in [2.24, 2.45) is 57.7 Å². The highest BCUT2D eigenvalue weighted by molar-refractivity contribution is 5.91. The summed E-state index contributed by atoms with van der Waals surface area (Å²) in [7, 11) is 0. The van der Waals surface area contributed by atoms with Crippen molar-refractivity contribution < 1.29 is 19.8 Å². The number of Topliss-reactive ketones (excluding diaryl/α,β-unsaturated/α-hetero) is 1. The molecule has 192 valence electrons. The molecule has 10 atom stereocenters. The Morgan fingerprint density at radius 2 is 1.76 bits per heavy atom. The van der Waals surface area contributed by atoms with Crippen molar-refractivity contribution in [3.05, 3.63) is 11.6 Å². The average molecular weight is 473 g/mol. The quantitative estimate of drug-likeness (QED) is 0.414. The van der Waals surface area contributed by atoms with Gasteiger partial charge in [-0.25, -0.2) is 0 Å². The minimum Gasteiger partial charge on any atom is -0.481 e. The minimum absolute atomic E-state index is 0.0919. The number of fused-ring (bicyclic) bond motifs is 1. The number of carboxylic acids is 1. The molecule has 0 unspecified atom stereocenters. The molecule has 0 heterocycles. The van der Waals surface area contributed by atoms with E-state index in [0.29, 0.717) is 66.5 Å². The molecule has 4 aliphatic rings. The predicted molar refractivity (Wildman–Crippen MR) is 135 cm³/mol. The number of carboxylic acid groups (broad SMARTS) is 1.